The average molecular weight is 551 g/mol. The largest absolute Gasteiger partial charge is 0.413 e. The third-order valence-electron chi connectivity index (χ3n) is 7.21. The normalized spacial score (nSPS) is 18.5. The number of carbonyl (C=O) groups excluding carboxylic acids is 2. The van der Waals surface area contributed by atoms with Crippen LogP contribution in [0.4, 0.5) is 24.5 Å². The second-order valence-electron chi connectivity index (χ2n) is 9.55. The second-order valence-corrected chi connectivity index (χ2v) is 9.94. The van der Waals surface area contributed by atoms with Crippen LogP contribution >= 0.6 is 11.6 Å². The number of aliphatic hydroxyl groups is 1. The first-order valence-corrected chi connectivity index (χ1v) is 12.6. The van der Waals surface area contributed by atoms with E-state index >= 15 is 0 Å². The standard InChI is InChI=1S/C25H26ClF3N6O3/c1-32(24(38)16-8-10-33(13-16)22(37)14-36)23(25(27,28)29)15-4-6-17(7-5-15)34-9-2-3-18-19(34)12-30-21-11-20(26)31-35(18)21/h4-7,11-12,16,23,36H,2-3,8-10,13-14H2,1H3/t16?,23-/m0/s1. The number of hydrogen-bond donors (Lipinski definition) is 1. The molecule has 4 heterocycles. The molecule has 2 aromatic heterocycles. The fraction of sp³-hybridized carbons (Fsp3) is 0.440. The molecular formula is C25H26ClF3N6O3. The first-order valence-electron chi connectivity index (χ1n) is 12.2. The van der Waals surface area contributed by atoms with E-state index in [4.69, 9.17) is 16.7 Å². The van der Waals surface area contributed by atoms with E-state index in [9.17, 15) is 22.8 Å². The van der Waals surface area contributed by atoms with Crippen LogP contribution in [-0.2, 0) is 16.0 Å². The van der Waals surface area contributed by atoms with Crippen molar-refractivity contribution in [1.29, 1.82) is 0 Å². The zero-order chi connectivity index (χ0) is 27.2. The van der Waals surface area contributed by atoms with Gasteiger partial charge in [-0.1, -0.05) is 23.7 Å². The van der Waals surface area contributed by atoms with Gasteiger partial charge in [0.05, 0.1) is 23.5 Å². The highest BCUT2D eigenvalue weighted by atomic mass is 35.5. The van der Waals surface area contributed by atoms with Crippen LogP contribution in [0.5, 0.6) is 0 Å². The zero-order valence-corrected chi connectivity index (χ0v) is 21.3. The van der Waals surface area contributed by atoms with Crippen LogP contribution in [0.1, 0.15) is 30.1 Å². The summed E-state index contributed by atoms with van der Waals surface area (Å²) in [6.07, 6.45) is -1.18. The third kappa shape index (κ3) is 4.78. The van der Waals surface area contributed by atoms with Crippen LogP contribution < -0.4 is 4.90 Å². The Morgan fingerprint density at radius 2 is 1.97 bits per heavy atom. The molecule has 38 heavy (non-hydrogen) atoms. The average Bonchev–Trinajstić information content (AvgIpc) is 3.54. The molecule has 2 atom stereocenters. The van der Waals surface area contributed by atoms with Gasteiger partial charge in [0.25, 0.3) is 0 Å². The molecule has 9 nitrogen and oxygen atoms in total. The predicted octanol–water partition coefficient (Wildman–Crippen LogP) is 3.37. The van der Waals surface area contributed by atoms with Gasteiger partial charge < -0.3 is 19.8 Å². The van der Waals surface area contributed by atoms with Crippen molar-refractivity contribution in [3.8, 4) is 0 Å². The highest BCUT2D eigenvalue weighted by Gasteiger charge is 2.47. The van der Waals surface area contributed by atoms with E-state index in [0.717, 1.165) is 31.3 Å². The molecule has 1 saturated heterocycles. The molecule has 2 aliphatic rings. The Kier molecular flexibility index (Phi) is 6.95. The molecule has 13 heteroatoms. The number of fused-ring (bicyclic) bond motifs is 3. The SMILES string of the molecule is CN(C(=O)C1CCN(C(=O)CO)C1)[C@@H](c1ccc(N2CCCc3c2cnc2cc(Cl)nn32)cc1)C(F)(F)F. The molecule has 0 spiro atoms. The van der Waals surface area contributed by atoms with Gasteiger partial charge in [-0.25, -0.2) is 9.50 Å². The smallest absolute Gasteiger partial charge is 0.387 e. The minimum Gasteiger partial charge on any atom is -0.387 e. The molecular weight excluding hydrogens is 525 g/mol. The monoisotopic (exact) mass is 550 g/mol. The van der Waals surface area contributed by atoms with E-state index in [2.05, 4.69) is 10.1 Å². The summed E-state index contributed by atoms with van der Waals surface area (Å²) in [5.74, 6) is -2.00. The van der Waals surface area contributed by atoms with Gasteiger partial charge in [-0.3, -0.25) is 9.59 Å². The number of aliphatic hydroxyl groups excluding tert-OH is 1. The van der Waals surface area contributed by atoms with Gasteiger partial charge in [-0.2, -0.15) is 18.3 Å². The van der Waals surface area contributed by atoms with E-state index < -0.39 is 36.6 Å². The number of benzene rings is 1. The van der Waals surface area contributed by atoms with Crippen LogP contribution in [0.2, 0.25) is 5.15 Å². The summed E-state index contributed by atoms with van der Waals surface area (Å²) < 4.78 is 44.4. The lowest BCUT2D eigenvalue weighted by atomic mass is 10.0. The Labute approximate surface area is 221 Å². The Bertz CT molecular complexity index is 1360. The quantitative estimate of drug-likeness (QED) is 0.523. The lowest BCUT2D eigenvalue weighted by Crippen LogP contribution is -2.43. The van der Waals surface area contributed by atoms with E-state index in [-0.39, 0.29) is 25.1 Å². The Morgan fingerprint density at radius 3 is 2.66 bits per heavy atom. The van der Waals surface area contributed by atoms with Crippen LogP contribution in [0.3, 0.4) is 0 Å². The summed E-state index contributed by atoms with van der Waals surface area (Å²) >= 11 is 6.05. The zero-order valence-electron chi connectivity index (χ0n) is 20.5. The second kappa shape index (κ2) is 10.1. The number of hydrogen-bond acceptors (Lipinski definition) is 6. The molecule has 2 amide bonds. The molecule has 5 rings (SSSR count). The van der Waals surface area contributed by atoms with Crippen LogP contribution in [0, 0.1) is 5.92 Å². The molecule has 0 radical (unpaired) electrons. The first kappa shape index (κ1) is 26.2. The molecule has 3 aromatic rings. The van der Waals surface area contributed by atoms with Crippen molar-refractivity contribution in [2.24, 2.45) is 5.92 Å². The number of nitrogens with zero attached hydrogens (tertiary/aromatic N) is 6. The topological polar surface area (TPSA) is 94.3 Å². The van der Waals surface area contributed by atoms with Gasteiger partial charge in [0.15, 0.2) is 16.8 Å². The van der Waals surface area contributed by atoms with Crippen molar-refractivity contribution < 1.29 is 27.9 Å². The molecule has 1 unspecified atom stereocenters. The summed E-state index contributed by atoms with van der Waals surface area (Å²) in [5.41, 5.74) is 2.97. The summed E-state index contributed by atoms with van der Waals surface area (Å²) in [6.45, 7) is 0.161. The molecule has 0 aliphatic carbocycles. The van der Waals surface area contributed by atoms with Gasteiger partial charge in [0, 0.05) is 38.4 Å². The Hall–Kier alpha value is -3.38. The molecule has 0 saturated carbocycles. The number of rotatable bonds is 5. The van der Waals surface area contributed by atoms with E-state index in [1.165, 1.54) is 17.0 Å². The third-order valence-corrected chi connectivity index (χ3v) is 7.39. The number of alkyl halides is 3. The molecule has 1 N–H and O–H groups in total. The van der Waals surface area contributed by atoms with Gasteiger partial charge in [0.2, 0.25) is 11.8 Å². The fourth-order valence-corrected chi connectivity index (χ4v) is 5.54. The summed E-state index contributed by atoms with van der Waals surface area (Å²) in [4.78, 5) is 33.1. The molecule has 1 fully saturated rings. The van der Waals surface area contributed by atoms with Crippen LogP contribution in [0.25, 0.3) is 5.65 Å². The molecule has 2 aliphatic heterocycles. The van der Waals surface area contributed by atoms with Crippen molar-refractivity contribution in [3.05, 3.63) is 52.9 Å². The van der Waals surface area contributed by atoms with Gasteiger partial charge in [-0.05, 0) is 37.0 Å². The van der Waals surface area contributed by atoms with Crippen molar-refractivity contribution >= 4 is 40.4 Å². The van der Waals surface area contributed by atoms with Crippen molar-refractivity contribution in [2.45, 2.75) is 31.5 Å². The summed E-state index contributed by atoms with van der Waals surface area (Å²) in [7, 11) is 1.14. The predicted molar refractivity (Wildman–Crippen MR) is 133 cm³/mol. The van der Waals surface area contributed by atoms with Gasteiger partial charge in [0.1, 0.15) is 6.61 Å². The highest BCUT2D eigenvalue weighted by Crippen LogP contribution is 2.40. The number of halogens is 4. The molecule has 0 bridgehead atoms. The maximum absolute atomic E-state index is 14.2. The number of likely N-dealkylation sites (tertiary alicyclic amines) is 1. The maximum Gasteiger partial charge on any atom is 0.413 e. The lowest BCUT2D eigenvalue weighted by Gasteiger charge is -2.33. The maximum atomic E-state index is 14.2. The van der Waals surface area contributed by atoms with Gasteiger partial charge >= 0.3 is 6.18 Å². The van der Waals surface area contributed by atoms with Crippen molar-refractivity contribution in [2.75, 3.05) is 38.2 Å². The van der Waals surface area contributed by atoms with E-state index in [1.807, 2.05) is 4.90 Å². The van der Waals surface area contributed by atoms with E-state index in [0.29, 0.717) is 27.9 Å². The van der Waals surface area contributed by atoms with Crippen LogP contribution in [-0.4, -0.2) is 80.8 Å². The lowest BCUT2D eigenvalue weighted by molar-refractivity contribution is -0.190. The number of amides is 2. The van der Waals surface area contributed by atoms with Crippen LogP contribution in [0.15, 0.2) is 36.5 Å². The minimum atomic E-state index is -4.71. The number of carbonyl (C=O) groups is 2. The summed E-state index contributed by atoms with van der Waals surface area (Å²) in [5, 5.41) is 13.7. The Balaban J connectivity index is 1.39. The first-order chi connectivity index (χ1) is 18.1. The number of anilines is 2. The van der Waals surface area contributed by atoms with Crippen molar-refractivity contribution in [3.63, 3.8) is 0 Å². The number of aryl methyl sites for hydroxylation is 1. The molecule has 1 aromatic carbocycles. The Morgan fingerprint density at radius 1 is 1.24 bits per heavy atom. The van der Waals surface area contributed by atoms with Crippen molar-refractivity contribution in [1.82, 2.24) is 24.4 Å². The fourth-order valence-electron chi connectivity index (χ4n) is 5.37. The van der Waals surface area contributed by atoms with E-state index in [1.54, 1.807) is 28.9 Å². The minimum absolute atomic E-state index is 0.0107. The highest BCUT2D eigenvalue weighted by molar-refractivity contribution is 6.29. The number of aromatic nitrogens is 3. The molecule has 202 valence electrons. The van der Waals surface area contributed by atoms with Gasteiger partial charge in [-0.15, -0.1) is 0 Å². The summed E-state index contributed by atoms with van der Waals surface area (Å²) in [6, 6.07) is 5.51.